The predicted octanol–water partition coefficient (Wildman–Crippen LogP) is 2.92. The molecule has 1 amide bonds. The van der Waals surface area contributed by atoms with Gasteiger partial charge in [-0.1, -0.05) is 5.16 Å². The SMILES string of the molecule is Cc1cc(NC(=O)C2CCN(c3ncnc4ccc(F)cc34)CC2)no1. The Balaban J connectivity index is 1.45. The van der Waals surface area contributed by atoms with Crippen LogP contribution in [0.1, 0.15) is 18.6 Å². The van der Waals surface area contributed by atoms with Gasteiger partial charge in [0.25, 0.3) is 0 Å². The van der Waals surface area contributed by atoms with Crippen molar-refractivity contribution in [3.63, 3.8) is 0 Å². The van der Waals surface area contributed by atoms with Crippen LogP contribution in [-0.4, -0.2) is 34.1 Å². The fourth-order valence-corrected chi connectivity index (χ4v) is 3.27. The molecule has 26 heavy (non-hydrogen) atoms. The summed E-state index contributed by atoms with van der Waals surface area (Å²) < 4.78 is 18.6. The highest BCUT2D eigenvalue weighted by molar-refractivity contribution is 5.92. The van der Waals surface area contributed by atoms with E-state index in [1.165, 1.54) is 18.5 Å². The third kappa shape index (κ3) is 3.22. The molecule has 1 N–H and O–H groups in total. The van der Waals surface area contributed by atoms with Gasteiger partial charge < -0.3 is 14.7 Å². The zero-order valence-corrected chi connectivity index (χ0v) is 14.3. The average molecular weight is 355 g/mol. The maximum Gasteiger partial charge on any atom is 0.228 e. The summed E-state index contributed by atoms with van der Waals surface area (Å²) in [6, 6.07) is 6.18. The van der Waals surface area contributed by atoms with Crippen LogP contribution in [0, 0.1) is 18.7 Å². The van der Waals surface area contributed by atoms with Gasteiger partial charge in [-0.05, 0) is 38.0 Å². The molecule has 1 aliphatic rings. The number of nitrogens with zero attached hydrogens (tertiary/aromatic N) is 4. The first-order valence-corrected chi connectivity index (χ1v) is 8.49. The summed E-state index contributed by atoms with van der Waals surface area (Å²) in [5.41, 5.74) is 0.706. The Morgan fingerprint density at radius 1 is 1.27 bits per heavy atom. The van der Waals surface area contributed by atoms with Crippen molar-refractivity contribution in [1.82, 2.24) is 15.1 Å². The molecule has 1 aromatic carbocycles. The average Bonchev–Trinajstić information content (AvgIpc) is 3.06. The van der Waals surface area contributed by atoms with E-state index < -0.39 is 0 Å². The van der Waals surface area contributed by atoms with Gasteiger partial charge in [0.15, 0.2) is 5.82 Å². The van der Waals surface area contributed by atoms with Gasteiger partial charge in [0.2, 0.25) is 5.91 Å². The molecular formula is C18H18FN5O2. The third-order valence-electron chi connectivity index (χ3n) is 4.62. The number of amides is 1. The first-order chi connectivity index (χ1) is 12.6. The molecule has 134 valence electrons. The number of aryl methyl sites for hydroxylation is 1. The molecule has 1 aliphatic heterocycles. The van der Waals surface area contributed by atoms with Crippen molar-refractivity contribution in [3.8, 4) is 0 Å². The maximum atomic E-state index is 13.6. The van der Waals surface area contributed by atoms with Crippen molar-refractivity contribution < 1.29 is 13.7 Å². The second-order valence-electron chi connectivity index (χ2n) is 6.43. The Hall–Kier alpha value is -3.03. The van der Waals surface area contributed by atoms with Gasteiger partial charge in [-0.15, -0.1) is 0 Å². The fraction of sp³-hybridized carbons (Fsp3) is 0.333. The highest BCUT2D eigenvalue weighted by Gasteiger charge is 2.27. The molecule has 3 aromatic rings. The number of carbonyl (C=O) groups is 1. The van der Waals surface area contributed by atoms with Crippen molar-refractivity contribution in [2.45, 2.75) is 19.8 Å². The summed E-state index contributed by atoms with van der Waals surface area (Å²) in [4.78, 5) is 23.0. The van der Waals surface area contributed by atoms with E-state index in [0.717, 1.165) is 0 Å². The molecule has 0 atom stereocenters. The van der Waals surface area contributed by atoms with Gasteiger partial charge in [-0.3, -0.25) is 4.79 Å². The summed E-state index contributed by atoms with van der Waals surface area (Å²) in [7, 11) is 0. The molecule has 1 saturated heterocycles. The number of fused-ring (bicyclic) bond motifs is 1. The van der Waals surface area contributed by atoms with Crippen LogP contribution < -0.4 is 10.2 Å². The van der Waals surface area contributed by atoms with Crippen LogP contribution in [0.15, 0.2) is 35.1 Å². The molecule has 0 saturated carbocycles. The van der Waals surface area contributed by atoms with Crippen molar-refractivity contribution in [1.29, 1.82) is 0 Å². The first-order valence-electron chi connectivity index (χ1n) is 8.49. The molecular weight excluding hydrogens is 337 g/mol. The number of nitrogens with one attached hydrogen (secondary N) is 1. The van der Waals surface area contributed by atoms with Crippen LogP contribution >= 0.6 is 0 Å². The summed E-state index contributed by atoms with van der Waals surface area (Å²) in [5, 5.41) is 7.26. The van der Waals surface area contributed by atoms with Crippen LogP contribution in [-0.2, 0) is 4.79 Å². The monoisotopic (exact) mass is 355 g/mol. The molecule has 0 radical (unpaired) electrons. The van der Waals surface area contributed by atoms with Crippen molar-refractivity contribution in [2.75, 3.05) is 23.3 Å². The molecule has 1 fully saturated rings. The number of hydrogen-bond donors (Lipinski definition) is 1. The van der Waals surface area contributed by atoms with E-state index in [0.29, 0.717) is 54.2 Å². The lowest BCUT2D eigenvalue weighted by Gasteiger charge is -2.32. The summed E-state index contributed by atoms with van der Waals surface area (Å²) in [6.07, 6.45) is 2.86. The van der Waals surface area contributed by atoms with Gasteiger partial charge in [0, 0.05) is 30.5 Å². The van der Waals surface area contributed by atoms with Crippen LogP contribution in [0.4, 0.5) is 16.0 Å². The zero-order chi connectivity index (χ0) is 18.1. The lowest BCUT2D eigenvalue weighted by Crippen LogP contribution is -2.38. The van der Waals surface area contributed by atoms with Crippen LogP contribution in [0.25, 0.3) is 10.9 Å². The number of halogens is 1. The molecule has 0 unspecified atom stereocenters. The summed E-state index contributed by atoms with van der Waals surface area (Å²) in [5.74, 6) is 1.32. The molecule has 3 heterocycles. The lowest BCUT2D eigenvalue weighted by atomic mass is 9.95. The van der Waals surface area contributed by atoms with Gasteiger partial charge in [0.05, 0.1) is 5.52 Å². The van der Waals surface area contributed by atoms with Crippen LogP contribution in [0.3, 0.4) is 0 Å². The van der Waals surface area contributed by atoms with Crippen molar-refractivity contribution >= 4 is 28.4 Å². The Labute approximate surface area is 149 Å². The number of carbonyl (C=O) groups excluding carboxylic acids is 1. The third-order valence-corrected chi connectivity index (χ3v) is 4.62. The second-order valence-corrected chi connectivity index (χ2v) is 6.43. The van der Waals surface area contributed by atoms with Crippen molar-refractivity contribution in [3.05, 3.63) is 42.2 Å². The quantitative estimate of drug-likeness (QED) is 0.778. The molecule has 0 aliphatic carbocycles. The predicted molar refractivity (Wildman–Crippen MR) is 94.3 cm³/mol. The molecule has 2 aromatic heterocycles. The van der Waals surface area contributed by atoms with Gasteiger partial charge in [0.1, 0.15) is 23.7 Å². The van der Waals surface area contributed by atoms with E-state index >= 15 is 0 Å². The Kier molecular flexibility index (Phi) is 4.24. The van der Waals surface area contributed by atoms with Gasteiger partial charge in [-0.2, -0.15) is 0 Å². The van der Waals surface area contributed by atoms with E-state index in [1.54, 1.807) is 19.1 Å². The largest absolute Gasteiger partial charge is 0.360 e. The Bertz CT molecular complexity index is 950. The topological polar surface area (TPSA) is 84.2 Å². The molecule has 0 spiro atoms. The van der Waals surface area contributed by atoms with Crippen molar-refractivity contribution in [2.24, 2.45) is 5.92 Å². The molecule has 4 rings (SSSR count). The minimum absolute atomic E-state index is 0.0588. The number of piperidine rings is 1. The van der Waals surface area contributed by atoms with E-state index in [-0.39, 0.29) is 17.6 Å². The normalized spacial score (nSPS) is 15.4. The minimum Gasteiger partial charge on any atom is -0.360 e. The number of rotatable bonds is 3. The lowest BCUT2D eigenvalue weighted by molar-refractivity contribution is -0.120. The van der Waals surface area contributed by atoms with Gasteiger partial charge in [-0.25, -0.2) is 14.4 Å². The zero-order valence-electron chi connectivity index (χ0n) is 14.3. The molecule has 8 heteroatoms. The number of aromatic nitrogens is 3. The summed E-state index contributed by atoms with van der Waals surface area (Å²) in [6.45, 7) is 3.10. The Morgan fingerprint density at radius 3 is 2.81 bits per heavy atom. The standard InChI is InChI=1S/C18H18FN5O2/c1-11-8-16(23-26-11)22-18(25)12-4-6-24(7-5-12)17-14-9-13(19)2-3-15(14)20-10-21-17/h2-3,8-10,12H,4-7H2,1H3,(H,22,23,25). The molecule has 7 nitrogen and oxygen atoms in total. The minimum atomic E-state index is -0.314. The van der Waals surface area contributed by atoms with Crippen LogP contribution in [0.2, 0.25) is 0 Å². The van der Waals surface area contributed by atoms with E-state index in [1.807, 2.05) is 0 Å². The molecule has 0 bridgehead atoms. The van der Waals surface area contributed by atoms with Crippen LogP contribution in [0.5, 0.6) is 0 Å². The number of benzene rings is 1. The van der Waals surface area contributed by atoms with E-state index in [4.69, 9.17) is 4.52 Å². The second kappa shape index (κ2) is 6.70. The van der Waals surface area contributed by atoms with E-state index in [2.05, 4.69) is 25.3 Å². The highest BCUT2D eigenvalue weighted by atomic mass is 19.1. The maximum absolute atomic E-state index is 13.6. The number of anilines is 2. The van der Waals surface area contributed by atoms with E-state index in [9.17, 15) is 9.18 Å². The fourth-order valence-electron chi connectivity index (χ4n) is 3.27. The smallest absolute Gasteiger partial charge is 0.228 e. The number of hydrogen-bond acceptors (Lipinski definition) is 6. The highest BCUT2D eigenvalue weighted by Crippen LogP contribution is 2.28. The van der Waals surface area contributed by atoms with Gasteiger partial charge >= 0.3 is 0 Å². The Morgan fingerprint density at radius 2 is 2.08 bits per heavy atom. The summed E-state index contributed by atoms with van der Waals surface area (Å²) >= 11 is 0. The first kappa shape index (κ1) is 16.4.